The van der Waals surface area contributed by atoms with E-state index in [-0.39, 0.29) is 11.8 Å². The van der Waals surface area contributed by atoms with E-state index in [4.69, 9.17) is 0 Å². The Morgan fingerprint density at radius 1 is 0.929 bits per heavy atom. The lowest BCUT2D eigenvalue weighted by Gasteiger charge is -2.38. The summed E-state index contributed by atoms with van der Waals surface area (Å²) in [6.45, 7) is 6.07. The summed E-state index contributed by atoms with van der Waals surface area (Å²) in [5, 5.41) is 0. The van der Waals surface area contributed by atoms with Gasteiger partial charge in [-0.15, -0.1) is 0 Å². The van der Waals surface area contributed by atoms with Gasteiger partial charge in [-0.05, 0) is 31.5 Å². The lowest BCUT2D eigenvalue weighted by atomic mass is 9.83. The van der Waals surface area contributed by atoms with Gasteiger partial charge >= 0.3 is 0 Å². The summed E-state index contributed by atoms with van der Waals surface area (Å²) in [5.41, 5.74) is 1.000. The number of anilines is 1. The van der Waals surface area contributed by atoms with Gasteiger partial charge in [-0.3, -0.25) is 9.59 Å². The molecule has 0 aliphatic carbocycles. The van der Waals surface area contributed by atoms with Crippen molar-refractivity contribution in [3.63, 3.8) is 0 Å². The average Bonchev–Trinajstić information content (AvgIpc) is 2.73. The molecular weight excluding hydrogens is 352 g/mol. The number of carbonyl (C=O) groups is 2. The first-order chi connectivity index (χ1) is 13.3. The SMILES string of the molecule is CN(C)c1ccc(C(=O)N2CCN(C(=O)C(C)(C)c3ccccc3)CC2)cn1. The monoisotopic (exact) mass is 380 g/mol. The first-order valence-corrected chi connectivity index (χ1v) is 9.58. The Bertz CT molecular complexity index is 823. The molecular formula is C22H28N4O2. The molecule has 28 heavy (non-hydrogen) atoms. The standard InChI is InChI=1S/C22H28N4O2/c1-22(2,18-8-6-5-7-9-18)21(28)26-14-12-25(13-15-26)20(27)17-10-11-19(23-16-17)24(3)4/h5-11,16H,12-15H2,1-4H3. The van der Waals surface area contributed by atoms with Gasteiger partial charge in [-0.25, -0.2) is 4.98 Å². The van der Waals surface area contributed by atoms with Gasteiger partial charge in [0.05, 0.1) is 11.0 Å². The highest BCUT2D eigenvalue weighted by atomic mass is 16.2. The molecule has 2 heterocycles. The van der Waals surface area contributed by atoms with Gasteiger partial charge in [-0.1, -0.05) is 30.3 Å². The van der Waals surface area contributed by atoms with Crippen LogP contribution in [0, 0.1) is 0 Å². The van der Waals surface area contributed by atoms with Crippen molar-refractivity contribution in [2.45, 2.75) is 19.3 Å². The number of hydrogen-bond acceptors (Lipinski definition) is 4. The summed E-state index contributed by atoms with van der Waals surface area (Å²) in [4.78, 5) is 35.7. The third-order valence-corrected chi connectivity index (χ3v) is 5.34. The highest BCUT2D eigenvalue weighted by Crippen LogP contribution is 2.26. The van der Waals surface area contributed by atoms with E-state index in [1.54, 1.807) is 17.2 Å². The molecule has 1 aliphatic rings. The predicted octanol–water partition coefficient (Wildman–Crippen LogP) is 2.41. The molecule has 3 rings (SSSR count). The van der Waals surface area contributed by atoms with Crippen LogP contribution in [0.1, 0.15) is 29.8 Å². The van der Waals surface area contributed by atoms with Crippen LogP contribution in [-0.2, 0) is 10.2 Å². The number of aromatic nitrogens is 1. The molecule has 148 valence electrons. The molecule has 1 aromatic carbocycles. The van der Waals surface area contributed by atoms with Crippen LogP contribution in [-0.4, -0.2) is 66.9 Å². The van der Waals surface area contributed by atoms with E-state index in [9.17, 15) is 9.59 Å². The molecule has 0 saturated carbocycles. The lowest BCUT2D eigenvalue weighted by Crippen LogP contribution is -2.54. The molecule has 1 saturated heterocycles. The van der Waals surface area contributed by atoms with Gasteiger partial charge < -0.3 is 14.7 Å². The Hall–Kier alpha value is -2.89. The number of carbonyl (C=O) groups excluding carboxylic acids is 2. The van der Waals surface area contributed by atoms with E-state index < -0.39 is 5.41 Å². The van der Waals surface area contributed by atoms with Crippen LogP contribution < -0.4 is 4.90 Å². The number of amides is 2. The number of rotatable bonds is 4. The minimum atomic E-state index is -0.584. The third-order valence-electron chi connectivity index (χ3n) is 5.34. The third kappa shape index (κ3) is 4.01. The zero-order valence-electron chi connectivity index (χ0n) is 17.1. The van der Waals surface area contributed by atoms with Crippen LogP contribution in [0.25, 0.3) is 0 Å². The Kier molecular flexibility index (Phi) is 5.68. The molecule has 6 heteroatoms. The first kappa shape index (κ1) is 19.9. The molecule has 1 fully saturated rings. The van der Waals surface area contributed by atoms with E-state index in [0.717, 1.165) is 11.4 Å². The highest BCUT2D eigenvalue weighted by molar-refractivity contribution is 5.94. The van der Waals surface area contributed by atoms with Crippen molar-refractivity contribution < 1.29 is 9.59 Å². The van der Waals surface area contributed by atoms with Crippen LogP contribution in [0.5, 0.6) is 0 Å². The maximum atomic E-state index is 13.1. The smallest absolute Gasteiger partial charge is 0.255 e. The van der Waals surface area contributed by atoms with Crippen molar-refractivity contribution in [2.75, 3.05) is 45.2 Å². The van der Waals surface area contributed by atoms with Crippen molar-refractivity contribution >= 4 is 17.6 Å². The maximum Gasteiger partial charge on any atom is 0.255 e. The second kappa shape index (κ2) is 8.00. The number of hydrogen-bond donors (Lipinski definition) is 0. The van der Waals surface area contributed by atoms with Crippen LogP contribution in [0.4, 0.5) is 5.82 Å². The van der Waals surface area contributed by atoms with Crippen molar-refractivity contribution in [1.29, 1.82) is 0 Å². The van der Waals surface area contributed by atoms with E-state index in [2.05, 4.69) is 4.98 Å². The summed E-state index contributed by atoms with van der Waals surface area (Å²) >= 11 is 0. The van der Waals surface area contributed by atoms with Crippen LogP contribution in [0.3, 0.4) is 0 Å². The molecule has 1 aromatic heterocycles. The number of benzene rings is 1. The van der Waals surface area contributed by atoms with Crippen molar-refractivity contribution in [3.05, 3.63) is 59.8 Å². The molecule has 6 nitrogen and oxygen atoms in total. The number of pyridine rings is 1. The fourth-order valence-corrected chi connectivity index (χ4v) is 3.45. The largest absolute Gasteiger partial charge is 0.363 e. The Morgan fingerprint density at radius 3 is 2.07 bits per heavy atom. The fourth-order valence-electron chi connectivity index (χ4n) is 3.45. The summed E-state index contributed by atoms with van der Waals surface area (Å²) in [6, 6.07) is 13.5. The Labute approximate surface area is 166 Å². The van der Waals surface area contributed by atoms with Crippen LogP contribution >= 0.6 is 0 Å². The van der Waals surface area contributed by atoms with Gasteiger partial charge in [0.25, 0.3) is 5.91 Å². The van der Waals surface area contributed by atoms with Crippen molar-refractivity contribution in [1.82, 2.24) is 14.8 Å². The molecule has 0 N–H and O–H groups in total. The van der Waals surface area contributed by atoms with Gasteiger partial charge in [0.1, 0.15) is 5.82 Å². The van der Waals surface area contributed by atoms with E-state index in [1.807, 2.05) is 74.1 Å². The van der Waals surface area contributed by atoms with Crippen LogP contribution in [0.15, 0.2) is 48.7 Å². The molecule has 0 atom stereocenters. The average molecular weight is 380 g/mol. The van der Waals surface area contributed by atoms with Gasteiger partial charge in [0, 0.05) is 46.5 Å². The zero-order chi connectivity index (χ0) is 20.3. The second-order valence-electron chi connectivity index (χ2n) is 7.87. The summed E-state index contributed by atoms with van der Waals surface area (Å²) in [5.74, 6) is 0.880. The number of nitrogens with zero attached hydrogens (tertiary/aromatic N) is 4. The lowest BCUT2D eigenvalue weighted by molar-refractivity contribution is -0.137. The van der Waals surface area contributed by atoms with Crippen molar-refractivity contribution in [2.24, 2.45) is 0 Å². The maximum absolute atomic E-state index is 13.1. The second-order valence-corrected chi connectivity index (χ2v) is 7.87. The molecule has 0 unspecified atom stereocenters. The zero-order valence-corrected chi connectivity index (χ0v) is 17.1. The van der Waals surface area contributed by atoms with Crippen molar-refractivity contribution in [3.8, 4) is 0 Å². The minimum Gasteiger partial charge on any atom is -0.363 e. The van der Waals surface area contributed by atoms with E-state index in [0.29, 0.717) is 31.7 Å². The molecule has 1 aliphatic heterocycles. The summed E-state index contributed by atoms with van der Waals surface area (Å²) in [6.07, 6.45) is 1.62. The molecule has 0 spiro atoms. The van der Waals surface area contributed by atoms with E-state index in [1.165, 1.54) is 0 Å². The fraction of sp³-hybridized carbons (Fsp3) is 0.409. The molecule has 2 amide bonds. The summed E-state index contributed by atoms with van der Waals surface area (Å²) in [7, 11) is 3.83. The quantitative estimate of drug-likeness (QED) is 0.817. The molecule has 0 bridgehead atoms. The summed E-state index contributed by atoms with van der Waals surface area (Å²) < 4.78 is 0. The normalized spacial score (nSPS) is 14.7. The predicted molar refractivity (Wildman–Crippen MR) is 111 cm³/mol. The first-order valence-electron chi connectivity index (χ1n) is 9.58. The van der Waals surface area contributed by atoms with Gasteiger partial charge in [-0.2, -0.15) is 0 Å². The van der Waals surface area contributed by atoms with E-state index >= 15 is 0 Å². The Balaban J connectivity index is 1.62. The van der Waals surface area contributed by atoms with Crippen LogP contribution in [0.2, 0.25) is 0 Å². The topological polar surface area (TPSA) is 56.8 Å². The Morgan fingerprint density at radius 2 is 1.54 bits per heavy atom. The molecule has 0 radical (unpaired) electrons. The molecule has 2 aromatic rings. The minimum absolute atomic E-state index is 0.0350. The number of piperazine rings is 1. The van der Waals surface area contributed by atoms with Gasteiger partial charge in [0.15, 0.2) is 0 Å². The van der Waals surface area contributed by atoms with Gasteiger partial charge in [0.2, 0.25) is 5.91 Å². The highest BCUT2D eigenvalue weighted by Gasteiger charge is 2.35.